The van der Waals surface area contributed by atoms with Gasteiger partial charge in [-0.1, -0.05) is 13.8 Å². The van der Waals surface area contributed by atoms with Crippen molar-refractivity contribution in [2.24, 2.45) is 5.92 Å². The Morgan fingerprint density at radius 3 is 2.44 bits per heavy atom. The first-order valence-electron chi connectivity index (χ1n) is 6.01. The molecule has 0 aliphatic rings. The predicted molar refractivity (Wildman–Crippen MR) is 68.1 cm³/mol. The summed E-state index contributed by atoms with van der Waals surface area (Å²) in [6, 6.07) is 4.70. The van der Waals surface area contributed by atoms with E-state index in [-0.39, 0.29) is 11.9 Å². The second-order valence-corrected chi connectivity index (χ2v) is 3.96. The lowest BCUT2D eigenvalue weighted by Crippen LogP contribution is -2.19. The van der Waals surface area contributed by atoms with E-state index in [1.165, 1.54) is 7.11 Å². The zero-order chi connectivity index (χ0) is 13.5. The lowest BCUT2D eigenvalue weighted by Gasteiger charge is -2.13. The van der Waals surface area contributed by atoms with E-state index in [1.54, 1.807) is 18.2 Å². The molecule has 0 amide bonds. The molecule has 0 fully saturated rings. The smallest absolute Gasteiger partial charge is 0.314 e. The van der Waals surface area contributed by atoms with Gasteiger partial charge in [0.1, 0.15) is 6.29 Å². The Balaban J connectivity index is 2.90. The topological polar surface area (TPSA) is 52.6 Å². The van der Waals surface area contributed by atoms with Crippen LogP contribution >= 0.6 is 0 Å². The average molecular weight is 250 g/mol. The zero-order valence-corrected chi connectivity index (χ0v) is 10.9. The summed E-state index contributed by atoms with van der Waals surface area (Å²) in [6.45, 7) is 3.89. The highest BCUT2D eigenvalue weighted by Crippen LogP contribution is 2.28. The van der Waals surface area contributed by atoms with E-state index in [0.29, 0.717) is 17.1 Å². The van der Waals surface area contributed by atoms with Crippen molar-refractivity contribution in [2.45, 2.75) is 26.7 Å². The summed E-state index contributed by atoms with van der Waals surface area (Å²) < 4.78 is 10.4. The Hall–Kier alpha value is -1.84. The number of carbonyl (C=O) groups is 2. The summed E-state index contributed by atoms with van der Waals surface area (Å²) in [7, 11) is 1.47. The largest absolute Gasteiger partial charge is 0.493 e. The van der Waals surface area contributed by atoms with Crippen molar-refractivity contribution in [3.8, 4) is 11.5 Å². The third kappa shape index (κ3) is 3.32. The number of carbonyl (C=O) groups excluding carboxylic acids is 2. The summed E-state index contributed by atoms with van der Waals surface area (Å²) in [6.07, 6.45) is 2.20. The van der Waals surface area contributed by atoms with Gasteiger partial charge in [-0.05, 0) is 31.0 Å². The van der Waals surface area contributed by atoms with Gasteiger partial charge in [0.05, 0.1) is 13.0 Å². The van der Waals surface area contributed by atoms with Gasteiger partial charge >= 0.3 is 5.97 Å². The molecule has 4 nitrogen and oxygen atoms in total. The molecule has 0 unspecified atom stereocenters. The fourth-order valence-corrected chi connectivity index (χ4v) is 1.66. The molecule has 0 radical (unpaired) electrons. The molecular weight excluding hydrogens is 232 g/mol. The molecular formula is C14H18O4. The van der Waals surface area contributed by atoms with E-state index in [2.05, 4.69) is 0 Å². The van der Waals surface area contributed by atoms with Crippen LogP contribution in [0.15, 0.2) is 18.2 Å². The first-order valence-corrected chi connectivity index (χ1v) is 6.01. The van der Waals surface area contributed by atoms with Crippen LogP contribution in [0.25, 0.3) is 0 Å². The molecule has 0 aliphatic heterocycles. The fraction of sp³-hybridized carbons (Fsp3) is 0.429. The van der Waals surface area contributed by atoms with Crippen LogP contribution in [0, 0.1) is 5.92 Å². The molecule has 0 N–H and O–H groups in total. The summed E-state index contributed by atoms with van der Waals surface area (Å²) in [5.41, 5.74) is 0.481. The standard InChI is InChI=1S/C14H18O4/c1-4-11(5-2)14(16)18-12-7-6-10(9-15)8-13(12)17-3/h6-9,11H,4-5H2,1-3H3. The maximum atomic E-state index is 11.9. The maximum Gasteiger partial charge on any atom is 0.314 e. The summed E-state index contributed by atoms with van der Waals surface area (Å²) in [5.74, 6) is 0.358. The van der Waals surface area contributed by atoms with E-state index in [9.17, 15) is 9.59 Å². The SMILES string of the molecule is CCC(CC)C(=O)Oc1ccc(C=O)cc1OC. The molecule has 0 heterocycles. The number of benzene rings is 1. The van der Waals surface area contributed by atoms with Crippen molar-refractivity contribution in [2.75, 3.05) is 7.11 Å². The lowest BCUT2D eigenvalue weighted by molar-refractivity contribution is -0.139. The second-order valence-electron chi connectivity index (χ2n) is 3.96. The van der Waals surface area contributed by atoms with E-state index in [0.717, 1.165) is 19.1 Å². The molecule has 1 rings (SSSR count). The van der Waals surface area contributed by atoms with Gasteiger partial charge < -0.3 is 9.47 Å². The Kier molecular flexibility index (Phi) is 5.36. The molecule has 0 aliphatic carbocycles. The van der Waals surface area contributed by atoms with E-state index in [4.69, 9.17) is 9.47 Å². The third-order valence-corrected chi connectivity index (χ3v) is 2.85. The highest BCUT2D eigenvalue weighted by atomic mass is 16.6. The minimum absolute atomic E-state index is 0.111. The van der Waals surface area contributed by atoms with Gasteiger partial charge in [-0.3, -0.25) is 9.59 Å². The number of esters is 1. The van der Waals surface area contributed by atoms with E-state index < -0.39 is 0 Å². The molecule has 1 aromatic carbocycles. The number of hydrogen-bond acceptors (Lipinski definition) is 4. The van der Waals surface area contributed by atoms with Gasteiger partial charge in [-0.25, -0.2) is 0 Å². The van der Waals surface area contributed by atoms with Gasteiger partial charge in [0.2, 0.25) is 0 Å². The van der Waals surface area contributed by atoms with Crippen LogP contribution in [0.4, 0.5) is 0 Å². The van der Waals surface area contributed by atoms with Crippen LogP contribution < -0.4 is 9.47 Å². The minimum atomic E-state index is -0.267. The first kappa shape index (κ1) is 14.2. The van der Waals surface area contributed by atoms with Crippen LogP contribution in [0.3, 0.4) is 0 Å². The fourth-order valence-electron chi connectivity index (χ4n) is 1.66. The molecule has 98 valence electrons. The van der Waals surface area contributed by atoms with Crippen molar-refractivity contribution in [1.82, 2.24) is 0 Å². The third-order valence-electron chi connectivity index (χ3n) is 2.85. The number of ether oxygens (including phenoxy) is 2. The Morgan fingerprint density at radius 2 is 1.94 bits per heavy atom. The first-order chi connectivity index (χ1) is 8.65. The number of aldehydes is 1. The molecule has 0 spiro atoms. The molecule has 4 heteroatoms. The quantitative estimate of drug-likeness (QED) is 0.442. The highest BCUT2D eigenvalue weighted by molar-refractivity contribution is 5.79. The second kappa shape index (κ2) is 6.79. The Labute approximate surface area is 107 Å². The monoisotopic (exact) mass is 250 g/mol. The van der Waals surface area contributed by atoms with Crippen LogP contribution in [-0.4, -0.2) is 19.4 Å². The van der Waals surface area contributed by atoms with Crippen LogP contribution in [-0.2, 0) is 4.79 Å². The normalized spacial score (nSPS) is 10.2. The highest BCUT2D eigenvalue weighted by Gasteiger charge is 2.18. The molecule has 0 bridgehead atoms. The Bertz CT molecular complexity index is 422. The predicted octanol–water partition coefficient (Wildman–Crippen LogP) is 2.85. The van der Waals surface area contributed by atoms with Crippen molar-refractivity contribution in [3.05, 3.63) is 23.8 Å². The van der Waals surface area contributed by atoms with Gasteiger partial charge in [0, 0.05) is 5.56 Å². The molecule has 18 heavy (non-hydrogen) atoms. The van der Waals surface area contributed by atoms with Crippen molar-refractivity contribution in [3.63, 3.8) is 0 Å². The molecule has 0 saturated carbocycles. The van der Waals surface area contributed by atoms with Gasteiger partial charge in [-0.2, -0.15) is 0 Å². The van der Waals surface area contributed by atoms with Crippen molar-refractivity contribution < 1.29 is 19.1 Å². The van der Waals surface area contributed by atoms with Gasteiger partial charge in [-0.15, -0.1) is 0 Å². The minimum Gasteiger partial charge on any atom is -0.493 e. The average Bonchev–Trinajstić information content (AvgIpc) is 2.40. The van der Waals surface area contributed by atoms with Crippen LogP contribution in [0.5, 0.6) is 11.5 Å². The number of rotatable bonds is 6. The van der Waals surface area contributed by atoms with Crippen molar-refractivity contribution in [1.29, 1.82) is 0 Å². The van der Waals surface area contributed by atoms with Crippen LogP contribution in [0.2, 0.25) is 0 Å². The Morgan fingerprint density at radius 1 is 1.28 bits per heavy atom. The van der Waals surface area contributed by atoms with Gasteiger partial charge in [0.15, 0.2) is 11.5 Å². The number of methoxy groups -OCH3 is 1. The molecule has 0 saturated heterocycles. The van der Waals surface area contributed by atoms with Crippen LogP contribution in [0.1, 0.15) is 37.0 Å². The summed E-state index contributed by atoms with van der Waals surface area (Å²) in [5, 5.41) is 0. The van der Waals surface area contributed by atoms with Gasteiger partial charge in [0.25, 0.3) is 0 Å². The summed E-state index contributed by atoms with van der Waals surface area (Å²) in [4.78, 5) is 22.5. The molecule has 0 atom stereocenters. The number of hydrogen-bond donors (Lipinski definition) is 0. The van der Waals surface area contributed by atoms with Crippen molar-refractivity contribution >= 4 is 12.3 Å². The van der Waals surface area contributed by atoms with E-state index >= 15 is 0 Å². The molecule has 1 aromatic rings. The zero-order valence-electron chi connectivity index (χ0n) is 10.9. The lowest BCUT2D eigenvalue weighted by atomic mass is 10.0. The van der Waals surface area contributed by atoms with E-state index in [1.807, 2.05) is 13.8 Å². The molecule has 0 aromatic heterocycles. The maximum absolute atomic E-state index is 11.9. The summed E-state index contributed by atoms with van der Waals surface area (Å²) >= 11 is 0.